The number of aliphatic imine (C=N–C) groups is 1. The summed E-state index contributed by atoms with van der Waals surface area (Å²) in [6.45, 7) is 15.8. The van der Waals surface area contributed by atoms with Crippen LogP contribution in [0.1, 0.15) is 51.1 Å². The zero-order valence-electron chi connectivity index (χ0n) is 15.9. The Morgan fingerprint density at radius 2 is 2.04 bits per heavy atom. The number of hydrogen-bond donors (Lipinski definition) is 2. The van der Waals surface area contributed by atoms with Gasteiger partial charge in [-0.2, -0.15) is 0 Å². The van der Waals surface area contributed by atoms with Crippen molar-refractivity contribution in [1.29, 1.82) is 0 Å². The predicted octanol–water partition coefficient (Wildman–Crippen LogP) is 2.80. The van der Waals surface area contributed by atoms with E-state index in [1.165, 1.54) is 0 Å². The summed E-state index contributed by atoms with van der Waals surface area (Å²) < 4.78 is 11.2. The number of nitrogens with zero attached hydrogens (tertiary/aromatic N) is 2. The molecule has 2 heterocycles. The molecule has 6 heteroatoms. The fourth-order valence-corrected chi connectivity index (χ4v) is 3.26. The second kappa shape index (κ2) is 8.01. The number of ether oxygens (including phenoxy) is 1. The van der Waals surface area contributed by atoms with Crippen molar-refractivity contribution in [1.82, 2.24) is 15.8 Å². The van der Waals surface area contributed by atoms with Crippen molar-refractivity contribution < 1.29 is 9.26 Å². The van der Waals surface area contributed by atoms with E-state index in [9.17, 15) is 0 Å². The third kappa shape index (κ3) is 4.72. The van der Waals surface area contributed by atoms with Gasteiger partial charge in [0, 0.05) is 31.2 Å². The van der Waals surface area contributed by atoms with Crippen LogP contribution in [0.2, 0.25) is 0 Å². The molecule has 136 valence electrons. The van der Waals surface area contributed by atoms with E-state index < -0.39 is 0 Å². The van der Waals surface area contributed by atoms with Crippen LogP contribution in [0.3, 0.4) is 0 Å². The SMILES string of the molecule is CCNC(=NCc1c(C)noc1C)NC[C@H]1CCO[C@@H]1C(C)(C)C. The number of hydrogen-bond acceptors (Lipinski definition) is 4. The zero-order chi connectivity index (χ0) is 17.7. The summed E-state index contributed by atoms with van der Waals surface area (Å²) >= 11 is 0. The number of aryl methyl sites for hydroxylation is 2. The monoisotopic (exact) mass is 336 g/mol. The van der Waals surface area contributed by atoms with Gasteiger partial charge in [0.2, 0.25) is 0 Å². The molecule has 1 saturated heterocycles. The smallest absolute Gasteiger partial charge is 0.191 e. The Morgan fingerprint density at radius 3 is 2.62 bits per heavy atom. The molecule has 0 unspecified atom stereocenters. The van der Waals surface area contributed by atoms with Gasteiger partial charge in [-0.3, -0.25) is 0 Å². The van der Waals surface area contributed by atoms with Crippen LogP contribution in [0.25, 0.3) is 0 Å². The summed E-state index contributed by atoms with van der Waals surface area (Å²) in [5.74, 6) is 2.18. The van der Waals surface area contributed by atoms with Crippen molar-refractivity contribution in [2.45, 2.75) is 60.6 Å². The van der Waals surface area contributed by atoms with Crippen LogP contribution in [-0.4, -0.2) is 36.9 Å². The van der Waals surface area contributed by atoms with Crippen molar-refractivity contribution >= 4 is 5.96 Å². The number of rotatable bonds is 5. The van der Waals surface area contributed by atoms with Crippen LogP contribution in [-0.2, 0) is 11.3 Å². The molecule has 1 aliphatic rings. The third-order valence-corrected chi connectivity index (χ3v) is 4.52. The first-order chi connectivity index (χ1) is 11.3. The molecule has 2 rings (SSSR count). The lowest BCUT2D eigenvalue weighted by atomic mass is 9.81. The molecule has 0 bridgehead atoms. The second-order valence-corrected chi connectivity index (χ2v) is 7.58. The Kier molecular flexibility index (Phi) is 6.27. The van der Waals surface area contributed by atoms with Gasteiger partial charge >= 0.3 is 0 Å². The van der Waals surface area contributed by atoms with Crippen molar-refractivity contribution in [3.05, 3.63) is 17.0 Å². The summed E-state index contributed by atoms with van der Waals surface area (Å²) in [7, 11) is 0. The minimum atomic E-state index is 0.162. The molecule has 6 nitrogen and oxygen atoms in total. The maximum absolute atomic E-state index is 5.95. The lowest BCUT2D eigenvalue weighted by Gasteiger charge is -2.31. The van der Waals surface area contributed by atoms with E-state index in [-0.39, 0.29) is 11.5 Å². The van der Waals surface area contributed by atoms with Crippen LogP contribution < -0.4 is 10.6 Å². The summed E-state index contributed by atoms with van der Waals surface area (Å²) in [4.78, 5) is 4.68. The average molecular weight is 336 g/mol. The quantitative estimate of drug-likeness (QED) is 0.639. The molecule has 0 aromatic carbocycles. The first kappa shape index (κ1) is 18.8. The van der Waals surface area contributed by atoms with E-state index >= 15 is 0 Å². The van der Waals surface area contributed by atoms with Gasteiger partial charge in [0.25, 0.3) is 0 Å². The van der Waals surface area contributed by atoms with Crippen molar-refractivity contribution in [3.8, 4) is 0 Å². The lowest BCUT2D eigenvalue weighted by molar-refractivity contribution is 0.00801. The van der Waals surface area contributed by atoms with Crippen molar-refractivity contribution in [3.63, 3.8) is 0 Å². The molecule has 24 heavy (non-hydrogen) atoms. The van der Waals surface area contributed by atoms with Gasteiger partial charge in [-0.15, -0.1) is 0 Å². The maximum Gasteiger partial charge on any atom is 0.191 e. The first-order valence-electron chi connectivity index (χ1n) is 8.88. The molecule has 1 aliphatic heterocycles. The standard InChI is InChI=1S/C18H32N4O2/c1-7-19-17(21-11-15-12(2)22-24-13(15)3)20-10-14-8-9-23-16(14)18(4,5)6/h14,16H,7-11H2,1-6H3,(H2,19,20,21)/t14-,16+/m1/s1. The van der Waals surface area contributed by atoms with Crippen LogP contribution in [0.15, 0.2) is 9.52 Å². The highest BCUT2D eigenvalue weighted by atomic mass is 16.5. The highest BCUT2D eigenvalue weighted by molar-refractivity contribution is 5.79. The Bertz CT molecular complexity index is 540. The number of guanidine groups is 1. The molecular weight excluding hydrogens is 304 g/mol. The molecule has 0 amide bonds. The van der Waals surface area contributed by atoms with Crippen LogP contribution in [0.5, 0.6) is 0 Å². The number of aromatic nitrogens is 1. The van der Waals surface area contributed by atoms with Gasteiger partial charge in [-0.25, -0.2) is 4.99 Å². The maximum atomic E-state index is 5.95. The topological polar surface area (TPSA) is 71.7 Å². The predicted molar refractivity (Wildman–Crippen MR) is 96.1 cm³/mol. The van der Waals surface area contributed by atoms with Crippen molar-refractivity contribution in [2.75, 3.05) is 19.7 Å². The Labute approximate surface area is 145 Å². The Morgan fingerprint density at radius 1 is 1.29 bits per heavy atom. The lowest BCUT2D eigenvalue weighted by Crippen LogP contribution is -2.43. The van der Waals surface area contributed by atoms with E-state index in [1.807, 2.05) is 13.8 Å². The molecule has 1 aromatic heterocycles. The van der Waals surface area contributed by atoms with Gasteiger partial charge in [-0.05, 0) is 32.6 Å². The van der Waals surface area contributed by atoms with E-state index in [1.54, 1.807) is 0 Å². The van der Waals surface area contributed by atoms with Gasteiger partial charge in [0.1, 0.15) is 5.76 Å². The van der Waals surface area contributed by atoms with E-state index in [2.05, 4.69) is 48.5 Å². The molecule has 1 aromatic rings. The molecule has 2 atom stereocenters. The molecular formula is C18H32N4O2. The summed E-state index contributed by atoms with van der Waals surface area (Å²) in [5.41, 5.74) is 2.13. The molecule has 2 N–H and O–H groups in total. The largest absolute Gasteiger partial charge is 0.377 e. The zero-order valence-corrected chi connectivity index (χ0v) is 15.9. The second-order valence-electron chi connectivity index (χ2n) is 7.58. The molecule has 0 aliphatic carbocycles. The first-order valence-corrected chi connectivity index (χ1v) is 8.88. The van der Waals surface area contributed by atoms with E-state index in [0.29, 0.717) is 12.5 Å². The van der Waals surface area contributed by atoms with E-state index in [4.69, 9.17) is 9.26 Å². The third-order valence-electron chi connectivity index (χ3n) is 4.52. The van der Waals surface area contributed by atoms with Gasteiger partial charge in [0.15, 0.2) is 5.96 Å². The summed E-state index contributed by atoms with van der Waals surface area (Å²) in [5, 5.41) is 10.8. The normalized spacial score (nSPS) is 22.0. The highest BCUT2D eigenvalue weighted by Crippen LogP contribution is 2.34. The van der Waals surface area contributed by atoms with Crippen LogP contribution in [0.4, 0.5) is 0 Å². The fourth-order valence-electron chi connectivity index (χ4n) is 3.26. The Balaban J connectivity index is 1.97. The molecule has 0 saturated carbocycles. The number of nitrogens with one attached hydrogen (secondary N) is 2. The minimum Gasteiger partial charge on any atom is -0.377 e. The minimum absolute atomic E-state index is 0.162. The van der Waals surface area contributed by atoms with Crippen molar-refractivity contribution in [2.24, 2.45) is 16.3 Å². The van der Waals surface area contributed by atoms with Gasteiger partial charge in [0.05, 0.1) is 18.3 Å². The fraction of sp³-hybridized carbons (Fsp3) is 0.778. The van der Waals surface area contributed by atoms with E-state index in [0.717, 1.165) is 49.1 Å². The van der Waals surface area contributed by atoms with Crippen LogP contribution >= 0.6 is 0 Å². The van der Waals surface area contributed by atoms with Crippen LogP contribution in [0, 0.1) is 25.2 Å². The Hall–Kier alpha value is -1.56. The van der Waals surface area contributed by atoms with Gasteiger partial charge in [-0.1, -0.05) is 25.9 Å². The van der Waals surface area contributed by atoms with Gasteiger partial charge < -0.3 is 19.9 Å². The molecule has 0 radical (unpaired) electrons. The summed E-state index contributed by atoms with van der Waals surface area (Å²) in [6.07, 6.45) is 1.38. The highest BCUT2D eigenvalue weighted by Gasteiger charge is 2.37. The molecule has 0 spiro atoms. The average Bonchev–Trinajstić information content (AvgIpc) is 3.10. The molecule has 1 fully saturated rings. The summed E-state index contributed by atoms with van der Waals surface area (Å²) in [6, 6.07) is 0.